The van der Waals surface area contributed by atoms with Gasteiger partial charge in [0.1, 0.15) is 0 Å². The van der Waals surface area contributed by atoms with Crippen LogP contribution in [0.1, 0.15) is 47.3 Å². The molecular weight excluding hydrogens is 286 g/mol. The van der Waals surface area contributed by atoms with Gasteiger partial charge in [-0.15, -0.1) is 11.3 Å². The lowest BCUT2D eigenvalue weighted by molar-refractivity contribution is 0.0725. The molecule has 1 unspecified atom stereocenters. The molecular formula is C16H21NO3S. The standard InChI is InChI=1S/C16H21NO3S/c18-9-2-1-7-15-11-13(12-21-15)16(20)17-8-3-5-14(17)6-4-10-19/h11-12,14,18-19H,2-6,8-10H2. The van der Waals surface area contributed by atoms with Crippen LogP contribution in [0.3, 0.4) is 0 Å². The molecule has 4 nitrogen and oxygen atoms in total. The summed E-state index contributed by atoms with van der Waals surface area (Å²) in [5, 5.41) is 19.5. The number of hydrogen-bond donors (Lipinski definition) is 2. The van der Waals surface area contributed by atoms with Crippen LogP contribution in [0.2, 0.25) is 0 Å². The fraction of sp³-hybridized carbons (Fsp3) is 0.562. The molecule has 1 aromatic rings. The number of rotatable bonds is 5. The van der Waals surface area contributed by atoms with Gasteiger partial charge in [0.25, 0.3) is 5.91 Å². The summed E-state index contributed by atoms with van der Waals surface area (Å²) in [7, 11) is 0. The summed E-state index contributed by atoms with van der Waals surface area (Å²) in [6.07, 6.45) is 4.14. The highest BCUT2D eigenvalue weighted by atomic mass is 32.1. The first kappa shape index (κ1) is 16.0. The molecule has 0 aromatic carbocycles. The first-order chi connectivity index (χ1) is 10.3. The van der Waals surface area contributed by atoms with Gasteiger partial charge in [0.15, 0.2) is 0 Å². The SMILES string of the molecule is O=C(c1csc(C#CCCO)c1)N1CCCC1CCCO. The van der Waals surface area contributed by atoms with Crippen LogP contribution < -0.4 is 0 Å². The monoisotopic (exact) mass is 307 g/mol. The Morgan fingerprint density at radius 2 is 2.29 bits per heavy atom. The molecule has 114 valence electrons. The molecule has 2 N–H and O–H groups in total. The molecule has 2 heterocycles. The maximum atomic E-state index is 12.5. The molecule has 1 fully saturated rings. The number of carbonyl (C=O) groups is 1. The number of thiophene rings is 1. The maximum Gasteiger partial charge on any atom is 0.254 e. The Balaban J connectivity index is 2.01. The second-order valence-corrected chi connectivity index (χ2v) is 6.05. The fourth-order valence-electron chi connectivity index (χ4n) is 2.62. The van der Waals surface area contributed by atoms with Gasteiger partial charge in [0.05, 0.1) is 17.0 Å². The summed E-state index contributed by atoms with van der Waals surface area (Å²) >= 11 is 1.46. The van der Waals surface area contributed by atoms with E-state index in [1.165, 1.54) is 11.3 Å². The van der Waals surface area contributed by atoms with Crippen molar-refractivity contribution in [1.29, 1.82) is 0 Å². The number of likely N-dealkylation sites (tertiary alicyclic amines) is 1. The second-order valence-electron chi connectivity index (χ2n) is 5.14. The van der Waals surface area contributed by atoms with Gasteiger partial charge in [0.2, 0.25) is 0 Å². The molecule has 5 heteroatoms. The largest absolute Gasteiger partial charge is 0.396 e. The van der Waals surface area contributed by atoms with Crippen LogP contribution >= 0.6 is 11.3 Å². The fourth-order valence-corrected chi connectivity index (χ4v) is 3.36. The van der Waals surface area contributed by atoms with E-state index in [4.69, 9.17) is 10.2 Å². The topological polar surface area (TPSA) is 60.8 Å². The lowest BCUT2D eigenvalue weighted by atomic mass is 10.1. The highest BCUT2D eigenvalue weighted by Gasteiger charge is 2.29. The van der Waals surface area contributed by atoms with Crippen molar-refractivity contribution < 1.29 is 15.0 Å². The average molecular weight is 307 g/mol. The number of amides is 1. The highest BCUT2D eigenvalue weighted by Crippen LogP contribution is 2.25. The van der Waals surface area contributed by atoms with E-state index in [0.29, 0.717) is 12.0 Å². The van der Waals surface area contributed by atoms with Gasteiger partial charge in [-0.05, 0) is 31.7 Å². The van der Waals surface area contributed by atoms with Gasteiger partial charge in [0, 0.05) is 31.0 Å². The lowest BCUT2D eigenvalue weighted by Crippen LogP contribution is -2.35. The van der Waals surface area contributed by atoms with Gasteiger partial charge < -0.3 is 15.1 Å². The minimum atomic E-state index is 0.0600. The summed E-state index contributed by atoms with van der Waals surface area (Å²) in [6.45, 7) is 1.04. The predicted molar refractivity (Wildman–Crippen MR) is 83.3 cm³/mol. The van der Waals surface area contributed by atoms with E-state index in [1.807, 2.05) is 16.3 Å². The van der Waals surface area contributed by atoms with E-state index in [2.05, 4.69) is 11.8 Å². The van der Waals surface area contributed by atoms with Gasteiger partial charge in [-0.3, -0.25) is 4.79 Å². The van der Waals surface area contributed by atoms with Crippen molar-refractivity contribution in [1.82, 2.24) is 4.90 Å². The Morgan fingerprint density at radius 3 is 3.05 bits per heavy atom. The second kappa shape index (κ2) is 8.18. The minimum absolute atomic E-state index is 0.0600. The summed E-state index contributed by atoms with van der Waals surface area (Å²) in [6, 6.07) is 2.09. The van der Waals surface area contributed by atoms with Crippen LogP contribution in [-0.2, 0) is 0 Å². The van der Waals surface area contributed by atoms with Crippen molar-refractivity contribution in [3.8, 4) is 11.8 Å². The van der Waals surface area contributed by atoms with E-state index in [1.54, 1.807) is 0 Å². The van der Waals surface area contributed by atoms with E-state index < -0.39 is 0 Å². The zero-order chi connectivity index (χ0) is 15.1. The predicted octanol–water partition coefficient (Wildman–Crippen LogP) is 1.86. The Labute approximate surface area is 129 Å². The van der Waals surface area contributed by atoms with Gasteiger partial charge >= 0.3 is 0 Å². The molecule has 1 aliphatic heterocycles. The average Bonchev–Trinajstić information content (AvgIpc) is 3.14. The number of aliphatic hydroxyl groups excluding tert-OH is 2. The van der Waals surface area contributed by atoms with E-state index in [9.17, 15) is 4.79 Å². The first-order valence-corrected chi connectivity index (χ1v) is 8.24. The lowest BCUT2D eigenvalue weighted by Gasteiger charge is -2.24. The third-order valence-corrected chi connectivity index (χ3v) is 4.47. The molecule has 0 saturated carbocycles. The summed E-state index contributed by atoms with van der Waals surface area (Å²) in [5.41, 5.74) is 0.698. The molecule has 0 spiro atoms. The van der Waals surface area contributed by atoms with Crippen LogP contribution in [-0.4, -0.2) is 46.8 Å². The third-order valence-electron chi connectivity index (χ3n) is 3.63. The summed E-state index contributed by atoms with van der Waals surface area (Å²) < 4.78 is 0. The van der Waals surface area contributed by atoms with Crippen molar-refractivity contribution >= 4 is 17.2 Å². The first-order valence-electron chi connectivity index (χ1n) is 7.36. The van der Waals surface area contributed by atoms with Crippen LogP contribution in [0.4, 0.5) is 0 Å². The van der Waals surface area contributed by atoms with Crippen molar-refractivity contribution in [3.05, 3.63) is 21.9 Å². The number of carbonyl (C=O) groups excluding carboxylic acids is 1. The Hall–Kier alpha value is -1.35. The van der Waals surface area contributed by atoms with Crippen molar-refractivity contribution in [3.63, 3.8) is 0 Å². The smallest absolute Gasteiger partial charge is 0.254 e. The molecule has 0 radical (unpaired) electrons. The van der Waals surface area contributed by atoms with Crippen molar-refractivity contribution in [2.75, 3.05) is 19.8 Å². The number of nitrogens with zero attached hydrogens (tertiary/aromatic N) is 1. The molecule has 1 aromatic heterocycles. The zero-order valence-electron chi connectivity index (χ0n) is 12.0. The van der Waals surface area contributed by atoms with Crippen molar-refractivity contribution in [2.45, 2.75) is 38.1 Å². The molecule has 1 atom stereocenters. The molecule has 1 amide bonds. The highest BCUT2D eigenvalue weighted by molar-refractivity contribution is 7.10. The van der Waals surface area contributed by atoms with Crippen LogP contribution in [0.5, 0.6) is 0 Å². The Kier molecular flexibility index (Phi) is 6.24. The van der Waals surface area contributed by atoms with Gasteiger partial charge in [-0.1, -0.05) is 11.8 Å². The maximum absolute atomic E-state index is 12.5. The third kappa shape index (κ3) is 4.31. The Morgan fingerprint density at radius 1 is 1.43 bits per heavy atom. The molecule has 1 saturated heterocycles. The zero-order valence-corrected chi connectivity index (χ0v) is 12.9. The van der Waals surface area contributed by atoms with E-state index >= 15 is 0 Å². The van der Waals surface area contributed by atoms with Crippen LogP contribution in [0, 0.1) is 11.8 Å². The van der Waals surface area contributed by atoms with Crippen LogP contribution in [0.25, 0.3) is 0 Å². The molecule has 0 bridgehead atoms. The Bertz CT molecular complexity index is 529. The van der Waals surface area contributed by atoms with Gasteiger partial charge in [-0.2, -0.15) is 0 Å². The number of hydrogen-bond acceptors (Lipinski definition) is 4. The van der Waals surface area contributed by atoms with Crippen LogP contribution in [0.15, 0.2) is 11.4 Å². The normalized spacial score (nSPS) is 17.6. The molecule has 21 heavy (non-hydrogen) atoms. The number of aliphatic hydroxyl groups is 2. The molecule has 2 rings (SSSR count). The van der Waals surface area contributed by atoms with E-state index in [-0.39, 0.29) is 25.2 Å². The van der Waals surface area contributed by atoms with E-state index in [0.717, 1.165) is 37.1 Å². The summed E-state index contributed by atoms with van der Waals surface area (Å²) in [4.78, 5) is 15.3. The molecule has 1 aliphatic rings. The minimum Gasteiger partial charge on any atom is -0.396 e. The van der Waals surface area contributed by atoms with Crippen molar-refractivity contribution in [2.24, 2.45) is 0 Å². The quantitative estimate of drug-likeness (QED) is 0.816. The van der Waals surface area contributed by atoms with Gasteiger partial charge in [-0.25, -0.2) is 0 Å². The molecule has 0 aliphatic carbocycles. The summed E-state index contributed by atoms with van der Waals surface area (Å²) in [5.74, 6) is 5.90.